The van der Waals surface area contributed by atoms with Gasteiger partial charge in [-0.25, -0.2) is 0 Å². The van der Waals surface area contributed by atoms with Gasteiger partial charge in [0.25, 0.3) is 0 Å². The molecule has 0 saturated heterocycles. The summed E-state index contributed by atoms with van der Waals surface area (Å²) < 4.78 is 0. The summed E-state index contributed by atoms with van der Waals surface area (Å²) in [6, 6.07) is 0. The zero-order valence-electron chi connectivity index (χ0n) is 15.2. The predicted octanol–water partition coefficient (Wildman–Crippen LogP) is 5.63. The summed E-state index contributed by atoms with van der Waals surface area (Å²) >= 11 is 0. The zero-order chi connectivity index (χ0) is 16.5. The van der Waals surface area contributed by atoms with Crippen LogP contribution in [-0.4, -0.2) is 5.97 Å². The van der Waals surface area contributed by atoms with E-state index in [9.17, 15) is 9.90 Å². The van der Waals surface area contributed by atoms with Crippen molar-refractivity contribution < 1.29 is 9.90 Å². The van der Waals surface area contributed by atoms with E-state index in [-0.39, 0.29) is 5.92 Å². The van der Waals surface area contributed by atoms with E-state index in [4.69, 9.17) is 0 Å². The van der Waals surface area contributed by atoms with Crippen molar-refractivity contribution >= 4 is 5.97 Å². The van der Waals surface area contributed by atoms with Crippen molar-refractivity contribution in [2.24, 2.45) is 5.92 Å². The van der Waals surface area contributed by atoms with Gasteiger partial charge in [0, 0.05) is 5.97 Å². The molecule has 0 radical (unpaired) electrons. The number of rotatable bonds is 17. The Morgan fingerprint density at radius 1 is 0.636 bits per heavy atom. The van der Waals surface area contributed by atoms with Crippen LogP contribution < -0.4 is 5.11 Å². The summed E-state index contributed by atoms with van der Waals surface area (Å²) in [5.41, 5.74) is 0. The second-order valence-electron chi connectivity index (χ2n) is 6.84. The Balaban J connectivity index is 3.29. The molecule has 2 nitrogen and oxygen atoms in total. The average Bonchev–Trinajstić information content (AvgIpc) is 2.51. The van der Waals surface area contributed by atoms with Gasteiger partial charge < -0.3 is 9.90 Å². The van der Waals surface area contributed by atoms with Gasteiger partial charge in [0.1, 0.15) is 0 Å². The standard InChI is InChI=1S/C20H40O2/c1-3-5-7-8-9-10-11-12-13-14-15-16-18-19(20(21)22)17-6-4-2/h19H,3-18H2,1-2H3,(H,21,22)/p-1. The number of carbonyl (C=O) groups excluding carboxylic acids is 1. The lowest BCUT2D eigenvalue weighted by Gasteiger charge is -2.17. The minimum absolute atomic E-state index is 0.205. The highest BCUT2D eigenvalue weighted by Gasteiger charge is 2.08. The molecule has 1 atom stereocenters. The Kier molecular flexibility index (Phi) is 16.4. The third-order valence-electron chi connectivity index (χ3n) is 4.65. The van der Waals surface area contributed by atoms with Gasteiger partial charge in [-0.15, -0.1) is 0 Å². The normalized spacial score (nSPS) is 12.5. The van der Waals surface area contributed by atoms with Crippen LogP contribution in [0.25, 0.3) is 0 Å². The zero-order valence-corrected chi connectivity index (χ0v) is 15.2. The first kappa shape index (κ1) is 21.5. The lowest BCUT2D eigenvalue weighted by molar-refractivity contribution is -0.312. The number of carbonyl (C=O) groups is 1. The van der Waals surface area contributed by atoms with Crippen molar-refractivity contribution in [3.8, 4) is 0 Å². The van der Waals surface area contributed by atoms with Crippen LogP contribution in [0.1, 0.15) is 117 Å². The fourth-order valence-corrected chi connectivity index (χ4v) is 3.06. The first-order chi connectivity index (χ1) is 10.7. The van der Waals surface area contributed by atoms with Gasteiger partial charge in [-0.05, 0) is 18.8 Å². The van der Waals surface area contributed by atoms with E-state index in [1.807, 2.05) is 0 Å². The molecular formula is C20H39O2-. The average molecular weight is 312 g/mol. The largest absolute Gasteiger partial charge is 0.550 e. The minimum atomic E-state index is -0.837. The van der Waals surface area contributed by atoms with E-state index in [0.717, 1.165) is 32.1 Å². The Labute approximate surface area is 139 Å². The maximum atomic E-state index is 11.0. The van der Waals surface area contributed by atoms with E-state index < -0.39 is 5.97 Å². The number of carboxylic acid groups (broad SMARTS) is 1. The lowest BCUT2D eigenvalue weighted by atomic mass is 9.95. The molecule has 0 aliphatic carbocycles. The van der Waals surface area contributed by atoms with Crippen molar-refractivity contribution in [1.29, 1.82) is 0 Å². The number of hydrogen-bond donors (Lipinski definition) is 0. The number of hydrogen-bond acceptors (Lipinski definition) is 2. The van der Waals surface area contributed by atoms with Gasteiger partial charge >= 0.3 is 0 Å². The Morgan fingerprint density at radius 2 is 1.00 bits per heavy atom. The van der Waals surface area contributed by atoms with Gasteiger partial charge in [-0.1, -0.05) is 104 Å². The highest BCUT2D eigenvalue weighted by atomic mass is 16.4. The molecule has 0 heterocycles. The van der Waals surface area contributed by atoms with Crippen LogP contribution in [0.3, 0.4) is 0 Å². The van der Waals surface area contributed by atoms with Crippen LogP contribution in [0.15, 0.2) is 0 Å². The van der Waals surface area contributed by atoms with Crippen molar-refractivity contribution in [3.05, 3.63) is 0 Å². The lowest BCUT2D eigenvalue weighted by Crippen LogP contribution is -2.31. The van der Waals surface area contributed by atoms with Crippen LogP contribution in [0.4, 0.5) is 0 Å². The molecule has 0 spiro atoms. The summed E-state index contributed by atoms with van der Waals surface area (Å²) in [4.78, 5) is 11.0. The van der Waals surface area contributed by atoms with Crippen molar-refractivity contribution in [2.45, 2.75) is 117 Å². The van der Waals surface area contributed by atoms with E-state index >= 15 is 0 Å². The molecule has 0 aromatic carbocycles. The quantitative estimate of drug-likeness (QED) is 0.326. The summed E-state index contributed by atoms with van der Waals surface area (Å²) in [5, 5.41) is 11.0. The smallest absolute Gasteiger partial charge is 0.0445 e. The third kappa shape index (κ3) is 14.4. The number of carboxylic acids is 1. The highest BCUT2D eigenvalue weighted by Crippen LogP contribution is 2.18. The van der Waals surface area contributed by atoms with Crippen molar-refractivity contribution in [1.82, 2.24) is 0 Å². The Morgan fingerprint density at radius 3 is 1.41 bits per heavy atom. The van der Waals surface area contributed by atoms with Crippen molar-refractivity contribution in [2.75, 3.05) is 0 Å². The van der Waals surface area contributed by atoms with Gasteiger partial charge in [0.2, 0.25) is 0 Å². The second-order valence-corrected chi connectivity index (χ2v) is 6.84. The van der Waals surface area contributed by atoms with Crippen LogP contribution >= 0.6 is 0 Å². The van der Waals surface area contributed by atoms with Crippen molar-refractivity contribution in [3.63, 3.8) is 0 Å². The number of aliphatic carboxylic acids is 1. The molecule has 1 unspecified atom stereocenters. The Hall–Kier alpha value is -0.530. The molecule has 0 N–H and O–H groups in total. The van der Waals surface area contributed by atoms with E-state index in [2.05, 4.69) is 13.8 Å². The molecule has 0 amide bonds. The molecule has 0 bridgehead atoms. The second kappa shape index (κ2) is 16.8. The fraction of sp³-hybridized carbons (Fsp3) is 0.950. The van der Waals surface area contributed by atoms with Crippen LogP contribution in [-0.2, 0) is 4.79 Å². The first-order valence-electron chi connectivity index (χ1n) is 9.93. The first-order valence-corrected chi connectivity index (χ1v) is 9.93. The van der Waals surface area contributed by atoms with Gasteiger partial charge in [0.05, 0.1) is 0 Å². The molecule has 0 aliphatic rings. The highest BCUT2D eigenvalue weighted by molar-refractivity contribution is 5.67. The van der Waals surface area contributed by atoms with Crippen LogP contribution in [0, 0.1) is 5.92 Å². The molecule has 0 fully saturated rings. The molecular weight excluding hydrogens is 272 g/mol. The molecule has 0 aromatic heterocycles. The van der Waals surface area contributed by atoms with E-state index in [1.54, 1.807) is 0 Å². The molecule has 0 aromatic rings. The molecule has 132 valence electrons. The molecule has 0 saturated carbocycles. The predicted molar refractivity (Wildman–Crippen MR) is 93.7 cm³/mol. The van der Waals surface area contributed by atoms with Crippen LogP contribution in [0.2, 0.25) is 0 Å². The molecule has 0 aliphatic heterocycles. The SMILES string of the molecule is CCCCCCCCCCCCCCC(CCCC)C(=O)[O-]. The maximum absolute atomic E-state index is 11.0. The molecule has 22 heavy (non-hydrogen) atoms. The van der Waals surface area contributed by atoms with Crippen LogP contribution in [0.5, 0.6) is 0 Å². The monoisotopic (exact) mass is 311 g/mol. The summed E-state index contributed by atoms with van der Waals surface area (Å²) in [5.74, 6) is -1.04. The topological polar surface area (TPSA) is 40.1 Å². The summed E-state index contributed by atoms with van der Waals surface area (Å²) in [6.45, 7) is 4.37. The van der Waals surface area contributed by atoms with Gasteiger partial charge in [-0.2, -0.15) is 0 Å². The summed E-state index contributed by atoms with van der Waals surface area (Å²) in [7, 11) is 0. The molecule has 2 heteroatoms. The van der Waals surface area contributed by atoms with Gasteiger partial charge in [0.15, 0.2) is 0 Å². The Bertz CT molecular complexity index is 238. The minimum Gasteiger partial charge on any atom is -0.550 e. The maximum Gasteiger partial charge on any atom is 0.0445 e. The number of unbranched alkanes of at least 4 members (excludes halogenated alkanes) is 12. The van der Waals surface area contributed by atoms with E-state index in [0.29, 0.717) is 0 Å². The third-order valence-corrected chi connectivity index (χ3v) is 4.65. The van der Waals surface area contributed by atoms with Gasteiger partial charge in [-0.3, -0.25) is 0 Å². The fourth-order valence-electron chi connectivity index (χ4n) is 3.06. The molecule has 0 rings (SSSR count). The van der Waals surface area contributed by atoms with E-state index in [1.165, 1.54) is 70.6 Å². The summed E-state index contributed by atoms with van der Waals surface area (Å²) in [6.07, 6.45) is 19.6.